The summed E-state index contributed by atoms with van der Waals surface area (Å²) in [5, 5.41) is 4.00. The summed E-state index contributed by atoms with van der Waals surface area (Å²) < 4.78 is 18.7. The molecule has 0 heterocycles. The first kappa shape index (κ1) is 14.7. The monoisotopic (exact) mass is 293 g/mol. The largest absolute Gasteiger partial charge is 0.492 e. The van der Waals surface area contributed by atoms with E-state index in [0.717, 1.165) is 11.3 Å². The Kier molecular flexibility index (Phi) is 4.85. The fraction of sp³-hybridized carbons (Fsp3) is 0.250. The number of hydrogen-bond acceptors (Lipinski definition) is 2. The zero-order valence-corrected chi connectivity index (χ0v) is 12.2. The molecule has 0 aromatic heterocycles. The summed E-state index contributed by atoms with van der Waals surface area (Å²) >= 11 is 6.18. The predicted molar refractivity (Wildman–Crippen MR) is 81.1 cm³/mol. The van der Waals surface area contributed by atoms with Gasteiger partial charge in [-0.2, -0.15) is 0 Å². The summed E-state index contributed by atoms with van der Waals surface area (Å²) in [6.45, 7) is 4.35. The number of anilines is 1. The van der Waals surface area contributed by atoms with Crippen molar-refractivity contribution in [1.29, 1.82) is 0 Å². The second-order valence-electron chi connectivity index (χ2n) is 4.46. The van der Waals surface area contributed by atoms with Crippen LogP contribution in [0.4, 0.5) is 10.1 Å². The van der Waals surface area contributed by atoms with Gasteiger partial charge in [0.25, 0.3) is 0 Å². The molecule has 0 bridgehead atoms. The number of ether oxygens (including phenoxy) is 1. The fourth-order valence-electron chi connectivity index (χ4n) is 2.03. The average molecular weight is 294 g/mol. The van der Waals surface area contributed by atoms with Crippen LogP contribution in [-0.2, 0) is 0 Å². The van der Waals surface area contributed by atoms with Crippen molar-refractivity contribution in [2.75, 3.05) is 11.9 Å². The molecule has 2 aromatic rings. The van der Waals surface area contributed by atoms with Gasteiger partial charge in [0.05, 0.1) is 18.3 Å². The first-order chi connectivity index (χ1) is 9.61. The first-order valence-corrected chi connectivity index (χ1v) is 6.93. The molecule has 0 saturated carbocycles. The first-order valence-electron chi connectivity index (χ1n) is 6.55. The molecule has 0 spiro atoms. The third kappa shape index (κ3) is 3.42. The van der Waals surface area contributed by atoms with Crippen LogP contribution in [0.25, 0.3) is 0 Å². The molecular formula is C16H17ClFNO. The van der Waals surface area contributed by atoms with Crippen LogP contribution in [0.2, 0.25) is 5.02 Å². The van der Waals surface area contributed by atoms with Crippen molar-refractivity contribution in [3.8, 4) is 5.75 Å². The molecule has 0 aliphatic rings. The van der Waals surface area contributed by atoms with E-state index in [9.17, 15) is 4.39 Å². The highest BCUT2D eigenvalue weighted by Crippen LogP contribution is 2.31. The number of halogens is 2. The van der Waals surface area contributed by atoms with Crippen molar-refractivity contribution >= 4 is 17.3 Å². The molecule has 1 atom stereocenters. The second-order valence-corrected chi connectivity index (χ2v) is 4.87. The Morgan fingerprint density at radius 1 is 1.25 bits per heavy atom. The molecule has 0 saturated heterocycles. The van der Waals surface area contributed by atoms with E-state index >= 15 is 0 Å². The molecular weight excluding hydrogens is 277 g/mol. The summed E-state index contributed by atoms with van der Waals surface area (Å²) in [6.07, 6.45) is 0. The molecule has 0 radical (unpaired) electrons. The highest BCUT2D eigenvalue weighted by molar-refractivity contribution is 6.31. The fourth-order valence-corrected chi connectivity index (χ4v) is 2.33. The topological polar surface area (TPSA) is 21.3 Å². The van der Waals surface area contributed by atoms with E-state index in [0.29, 0.717) is 17.4 Å². The molecule has 4 heteroatoms. The lowest BCUT2D eigenvalue weighted by molar-refractivity contribution is 0.339. The third-order valence-electron chi connectivity index (χ3n) is 2.99. The van der Waals surface area contributed by atoms with Gasteiger partial charge in [0.15, 0.2) is 0 Å². The SMILES string of the molecule is CCOc1cc(F)ccc1NC(C)c1ccccc1Cl. The van der Waals surface area contributed by atoms with E-state index in [1.165, 1.54) is 12.1 Å². The van der Waals surface area contributed by atoms with Crippen molar-refractivity contribution in [1.82, 2.24) is 0 Å². The molecule has 0 amide bonds. The van der Waals surface area contributed by atoms with Gasteiger partial charge < -0.3 is 10.1 Å². The molecule has 1 N–H and O–H groups in total. The van der Waals surface area contributed by atoms with Gasteiger partial charge >= 0.3 is 0 Å². The van der Waals surface area contributed by atoms with Crippen LogP contribution in [-0.4, -0.2) is 6.61 Å². The van der Waals surface area contributed by atoms with Crippen LogP contribution in [0.3, 0.4) is 0 Å². The lowest BCUT2D eigenvalue weighted by Gasteiger charge is -2.19. The van der Waals surface area contributed by atoms with Gasteiger partial charge in [0, 0.05) is 11.1 Å². The van der Waals surface area contributed by atoms with E-state index in [1.54, 1.807) is 6.07 Å². The van der Waals surface area contributed by atoms with E-state index < -0.39 is 0 Å². The lowest BCUT2D eigenvalue weighted by atomic mass is 10.1. The number of rotatable bonds is 5. The van der Waals surface area contributed by atoms with E-state index in [2.05, 4.69) is 5.32 Å². The van der Waals surface area contributed by atoms with Crippen molar-refractivity contribution in [2.24, 2.45) is 0 Å². The molecule has 0 fully saturated rings. The molecule has 20 heavy (non-hydrogen) atoms. The zero-order valence-electron chi connectivity index (χ0n) is 11.5. The molecule has 106 valence electrons. The van der Waals surface area contributed by atoms with Crippen LogP contribution in [0, 0.1) is 5.82 Å². The van der Waals surface area contributed by atoms with Crippen molar-refractivity contribution in [3.63, 3.8) is 0 Å². The van der Waals surface area contributed by atoms with Gasteiger partial charge in [-0.15, -0.1) is 0 Å². The summed E-state index contributed by atoms with van der Waals surface area (Å²) in [4.78, 5) is 0. The van der Waals surface area contributed by atoms with E-state index in [-0.39, 0.29) is 11.9 Å². The maximum atomic E-state index is 13.3. The average Bonchev–Trinajstić information content (AvgIpc) is 2.42. The van der Waals surface area contributed by atoms with Gasteiger partial charge in [-0.3, -0.25) is 0 Å². The van der Waals surface area contributed by atoms with Crippen molar-refractivity contribution in [2.45, 2.75) is 19.9 Å². The number of benzene rings is 2. The molecule has 2 rings (SSSR count). The van der Waals surface area contributed by atoms with Crippen LogP contribution in [0.5, 0.6) is 5.75 Å². The Morgan fingerprint density at radius 2 is 2.00 bits per heavy atom. The van der Waals surface area contributed by atoms with Gasteiger partial charge in [0.2, 0.25) is 0 Å². The summed E-state index contributed by atoms with van der Waals surface area (Å²) in [7, 11) is 0. The predicted octanol–water partition coefficient (Wildman–Crippen LogP) is 5.05. The minimum Gasteiger partial charge on any atom is -0.492 e. The highest BCUT2D eigenvalue weighted by Gasteiger charge is 2.12. The zero-order chi connectivity index (χ0) is 14.5. The Balaban J connectivity index is 2.23. The molecule has 2 aromatic carbocycles. The summed E-state index contributed by atoms with van der Waals surface area (Å²) in [6, 6.07) is 12.1. The standard InChI is InChI=1S/C16H17ClFNO/c1-3-20-16-10-12(18)8-9-15(16)19-11(2)13-6-4-5-7-14(13)17/h4-11,19H,3H2,1-2H3. The van der Waals surface area contributed by atoms with E-state index in [1.807, 2.05) is 38.1 Å². The van der Waals surface area contributed by atoms with Crippen molar-refractivity contribution < 1.29 is 9.13 Å². The third-order valence-corrected chi connectivity index (χ3v) is 3.33. The van der Waals surface area contributed by atoms with Gasteiger partial charge in [0.1, 0.15) is 11.6 Å². The van der Waals surface area contributed by atoms with Crippen LogP contribution < -0.4 is 10.1 Å². The molecule has 2 nitrogen and oxygen atoms in total. The minimum absolute atomic E-state index is 0.00614. The Labute approximate surface area is 123 Å². The maximum absolute atomic E-state index is 13.3. The van der Waals surface area contributed by atoms with Gasteiger partial charge in [-0.1, -0.05) is 29.8 Å². The molecule has 1 unspecified atom stereocenters. The minimum atomic E-state index is -0.315. The Hall–Kier alpha value is -1.74. The maximum Gasteiger partial charge on any atom is 0.145 e. The number of nitrogens with one attached hydrogen (secondary N) is 1. The smallest absolute Gasteiger partial charge is 0.145 e. The van der Waals surface area contributed by atoms with Crippen molar-refractivity contribution in [3.05, 3.63) is 58.9 Å². The Bertz CT molecular complexity index is 588. The molecule has 0 aliphatic carbocycles. The van der Waals surface area contributed by atoms with Crippen LogP contribution in [0.15, 0.2) is 42.5 Å². The summed E-state index contributed by atoms with van der Waals surface area (Å²) in [5.74, 6) is 0.191. The van der Waals surface area contributed by atoms with Gasteiger partial charge in [-0.25, -0.2) is 4.39 Å². The van der Waals surface area contributed by atoms with Crippen LogP contribution >= 0.6 is 11.6 Å². The molecule has 0 aliphatic heterocycles. The second kappa shape index (κ2) is 6.62. The lowest BCUT2D eigenvalue weighted by Crippen LogP contribution is -2.09. The van der Waals surface area contributed by atoms with E-state index in [4.69, 9.17) is 16.3 Å². The number of hydrogen-bond donors (Lipinski definition) is 1. The van der Waals surface area contributed by atoms with Crippen LogP contribution in [0.1, 0.15) is 25.5 Å². The van der Waals surface area contributed by atoms with Gasteiger partial charge in [-0.05, 0) is 37.6 Å². The summed E-state index contributed by atoms with van der Waals surface area (Å²) in [5.41, 5.74) is 1.74. The quantitative estimate of drug-likeness (QED) is 0.833. The normalized spacial score (nSPS) is 12.0. The highest BCUT2D eigenvalue weighted by atomic mass is 35.5. The Morgan fingerprint density at radius 3 is 2.70 bits per heavy atom.